The molecule has 2 fully saturated rings. The summed E-state index contributed by atoms with van der Waals surface area (Å²) in [6.45, 7) is 8.86. The highest BCUT2D eigenvalue weighted by atomic mass is 16.2. The second-order valence-corrected chi connectivity index (χ2v) is 6.93. The van der Waals surface area contributed by atoms with Gasteiger partial charge in [0, 0.05) is 52.2 Å². The summed E-state index contributed by atoms with van der Waals surface area (Å²) in [6, 6.07) is 10.3. The van der Waals surface area contributed by atoms with Gasteiger partial charge in [0.1, 0.15) is 0 Å². The van der Waals surface area contributed by atoms with Crippen LogP contribution < -0.4 is 0 Å². The summed E-state index contributed by atoms with van der Waals surface area (Å²) in [5.74, 6) is 0.00398. The zero-order chi connectivity index (χ0) is 18.4. The Hall–Kier alpha value is -2.40. The minimum Gasteiger partial charge on any atom is -0.340 e. The van der Waals surface area contributed by atoms with Crippen molar-refractivity contribution in [2.24, 2.45) is 5.92 Å². The van der Waals surface area contributed by atoms with Crippen LogP contribution in [0.25, 0.3) is 6.08 Å². The molecule has 0 spiro atoms. The lowest BCUT2D eigenvalue weighted by atomic mass is 10.1. The average Bonchev–Trinajstić information content (AvgIpc) is 3.04. The summed E-state index contributed by atoms with van der Waals surface area (Å²) >= 11 is 0. The number of nitrogens with zero attached hydrogens (tertiary/aromatic N) is 3. The van der Waals surface area contributed by atoms with E-state index in [-0.39, 0.29) is 17.7 Å². The van der Waals surface area contributed by atoms with Gasteiger partial charge in [0.2, 0.25) is 11.8 Å². The van der Waals surface area contributed by atoms with Crippen LogP contribution in [0.15, 0.2) is 49.1 Å². The molecule has 1 atom stereocenters. The first kappa shape index (κ1) is 18.4. The molecule has 2 saturated heterocycles. The van der Waals surface area contributed by atoms with Gasteiger partial charge in [0.05, 0.1) is 5.92 Å². The fourth-order valence-corrected chi connectivity index (χ4v) is 3.58. The van der Waals surface area contributed by atoms with Crippen LogP contribution in [0, 0.1) is 5.92 Å². The van der Waals surface area contributed by atoms with E-state index in [9.17, 15) is 9.59 Å². The van der Waals surface area contributed by atoms with Gasteiger partial charge in [-0.05, 0) is 5.56 Å². The molecular formula is C21H27N3O2. The molecule has 1 aromatic carbocycles. The highest BCUT2D eigenvalue weighted by molar-refractivity contribution is 5.89. The number of benzene rings is 1. The molecule has 2 amide bonds. The Morgan fingerprint density at radius 2 is 1.85 bits per heavy atom. The molecule has 0 aromatic heterocycles. The maximum Gasteiger partial charge on any atom is 0.228 e. The van der Waals surface area contributed by atoms with E-state index < -0.39 is 0 Å². The number of likely N-dealkylation sites (tertiary alicyclic amines) is 1. The first-order chi connectivity index (χ1) is 12.7. The number of rotatable bonds is 6. The summed E-state index contributed by atoms with van der Waals surface area (Å²) in [6.07, 6.45) is 6.37. The lowest BCUT2D eigenvalue weighted by Crippen LogP contribution is -2.50. The Kier molecular flexibility index (Phi) is 6.23. The predicted molar refractivity (Wildman–Crippen MR) is 103 cm³/mol. The predicted octanol–water partition coefficient (Wildman–Crippen LogP) is 1.88. The number of carbonyl (C=O) groups excluding carboxylic acids is 2. The minimum atomic E-state index is -0.188. The maximum absolute atomic E-state index is 12.7. The zero-order valence-electron chi connectivity index (χ0n) is 15.2. The second-order valence-electron chi connectivity index (χ2n) is 6.93. The molecule has 5 heteroatoms. The normalized spacial score (nSPS) is 21.5. The molecule has 1 aromatic rings. The summed E-state index contributed by atoms with van der Waals surface area (Å²) in [4.78, 5) is 30.6. The van der Waals surface area contributed by atoms with Crippen LogP contribution in [0.2, 0.25) is 0 Å². The number of carbonyl (C=O) groups is 2. The van der Waals surface area contributed by atoms with Gasteiger partial charge >= 0.3 is 0 Å². The Morgan fingerprint density at radius 3 is 2.54 bits per heavy atom. The fourth-order valence-electron chi connectivity index (χ4n) is 3.58. The molecule has 0 aliphatic carbocycles. The monoisotopic (exact) mass is 353 g/mol. The van der Waals surface area contributed by atoms with Crippen molar-refractivity contribution in [2.45, 2.75) is 6.42 Å². The maximum atomic E-state index is 12.7. The van der Waals surface area contributed by atoms with Gasteiger partial charge in [0.25, 0.3) is 0 Å². The van der Waals surface area contributed by atoms with Gasteiger partial charge < -0.3 is 9.80 Å². The molecular weight excluding hydrogens is 326 g/mol. The lowest BCUT2D eigenvalue weighted by Gasteiger charge is -2.35. The van der Waals surface area contributed by atoms with Crippen LogP contribution >= 0.6 is 0 Å². The van der Waals surface area contributed by atoms with Crippen molar-refractivity contribution >= 4 is 17.9 Å². The summed E-state index contributed by atoms with van der Waals surface area (Å²) in [5, 5.41) is 0. The molecule has 0 bridgehead atoms. The molecule has 5 nitrogen and oxygen atoms in total. The molecule has 2 aliphatic rings. The van der Waals surface area contributed by atoms with Crippen molar-refractivity contribution in [2.75, 3.05) is 45.8 Å². The zero-order valence-corrected chi connectivity index (χ0v) is 15.2. The van der Waals surface area contributed by atoms with Crippen molar-refractivity contribution in [3.63, 3.8) is 0 Å². The Labute approximate surface area is 155 Å². The fraction of sp³-hybridized carbons (Fsp3) is 0.429. The van der Waals surface area contributed by atoms with Gasteiger partial charge in [0.15, 0.2) is 0 Å². The largest absolute Gasteiger partial charge is 0.340 e. The molecule has 0 saturated carbocycles. The van der Waals surface area contributed by atoms with E-state index in [1.807, 2.05) is 23.1 Å². The minimum absolute atomic E-state index is 0.0629. The average molecular weight is 353 g/mol. The highest BCUT2D eigenvalue weighted by Gasteiger charge is 2.36. The van der Waals surface area contributed by atoms with E-state index in [2.05, 4.69) is 35.8 Å². The number of hydrogen-bond donors (Lipinski definition) is 0. The second kappa shape index (κ2) is 8.81. The van der Waals surface area contributed by atoms with E-state index in [0.29, 0.717) is 19.5 Å². The van der Waals surface area contributed by atoms with E-state index in [4.69, 9.17) is 0 Å². The van der Waals surface area contributed by atoms with E-state index in [0.717, 1.165) is 32.7 Å². The highest BCUT2D eigenvalue weighted by Crippen LogP contribution is 2.20. The van der Waals surface area contributed by atoms with Gasteiger partial charge in [-0.2, -0.15) is 0 Å². The van der Waals surface area contributed by atoms with Crippen molar-refractivity contribution in [1.29, 1.82) is 0 Å². The Balaban J connectivity index is 1.43. The van der Waals surface area contributed by atoms with Crippen LogP contribution in [0.4, 0.5) is 0 Å². The molecule has 2 aliphatic heterocycles. The molecule has 138 valence electrons. The molecule has 0 N–H and O–H groups in total. The van der Waals surface area contributed by atoms with E-state index in [1.165, 1.54) is 5.56 Å². The van der Waals surface area contributed by atoms with Gasteiger partial charge in [-0.15, -0.1) is 6.58 Å². The van der Waals surface area contributed by atoms with Crippen molar-refractivity contribution in [3.05, 3.63) is 54.6 Å². The van der Waals surface area contributed by atoms with E-state index >= 15 is 0 Å². The summed E-state index contributed by atoms with van der Waals surface area (Å²) in [5.41, 5.74) is 1.20. The number of amides is 2. The molecule has 1 unspecified atom stereocenters. The van der Waals surface area contributed by atoms with Gasteiger partial charge in [-0.3, -0.25) is 14.5 Å². The first-order valence-corrected chi connectivity index (χ1v) is 9.29. The molecule has 0 radical (unpaired) electrons. The molecule has 3 rings (SSSR count). The van der Waals surface area contributed by atoms with Crippen LogP contribution in [0.3, 0.4) is 0 Å². The van der Waals surface area contributed by atoms with Crippen LogP contribution in [0.5, 0.6) is 0 Å². The third-order valence-corrected chi connectivity index (χ3v) is 5.07. The van der Waals surface area contributed by atoms with Gasteiger partial charge in [-0.25, -0.2) is 0 Å². The standard InChI is InChI=1S/C21H27N3O2/c1-2-10-24-17-19(16-20(24)25)21(26)23-14-12-22(13-15-23)11-6-9-18-7-4-3-5-8-18/h2-9,19H,1,10-17H2/b9-6+. The van der Waals surface area contributed by atoms with Crippen molar-refractivity contribution in [3.8, 4) is 0 Å². The molecule has 26 heavy (non-hydrogen) atoms. The van der Waals surface area contributed by atoms with Crippen molar-refractivity contribution in [1.82, 2.24) is 14.7 Å². The quantitative estimate of drug-likeness (QED) is 0.734. The number of piperazine rings is 1. The van der Waals surface area contributed by atoms with Crippen LogP contribution in [0.1, 0.15) is 12.0 Å². The third-order valence-electron chi connectivity index (χ3n) is 5.07. The van der Waals surface area contributed by atoms with Crippen LogP contribution in [-0.2, 0) is 9.59 Å². The summed E-state index contributed by atoms with van der Waals surface area (Å²) < 4.78 is 0. The Bertz CT molecular complexity index is 663. The summed E-state index contributed by atoms with van der Waals surface area (Å²) in [7, 11) is 0. The smallest absolute Gasteiger partial charge is 0.228 e. The van der Waals surface area contributed by atoms with Crippen LogP contribution in [-0.4, -0.2) is 72.3 Å². The SMILES string of the molecule is C=CCN1CC(C(=O)N2CCN(C/C=C/c3ccccc3)CC2)CC1=O. The third kappa shape index (κ3) is 4.61. The topological polar surface area (TPSA) is 43.9 Å². The lowest BCUT2D eigenvalue weighted by molar-refractivity contribution is -0.137. The van der Waals surface area contributed by atoms with Gasteiger partial charge in [-0.1, -0.05) is 48.6 Å². The number of hydrogen-bond acceptors (Lipinski definition) is 3. The molecule has 2 heterocycles. The Morgan fingerprint density at radius 1 is 1.12 bits per heavy atom. The first-order valence-electron chi connectivity index (χ1n) is 9.29. The van der Waals surface area contributed by atoms with E-state index in [1.54, 1.807) is 11.0 Å². The van der Waals surface area contributed by atoms with Crippen molar-refractivity contribution < 1.29 is 9.59 Å².